The van der Waals surface area contributed by atoms with Gasteiger partial charge in [-0.15, -0.1) is 0 Å². The number of hydrogen-bond donors (Lipinski definition) is 3. The fourth-order valence-electron chi connectivity index (χ4n) is 1.85. The van der Waals surface area contributed by atoms with Crippen LogP contribution in [0.25, 0.3) is 0 Å². The molecule has 1 aromatic carbocycles. The van der Waals surface area contributed by atoms with E-state index in [1.807, 2.05) is 24.3 Å². The van der Waals surface area contributed by atoms with E-state index in [2.05, 4.69) is 10.9 Å². The zero-order valence-corrected chi connectivity index (χ0v) is 8.93. The number of rotatable bonds is 3. The average molecular weight is 222 g/mol. The van der Waals surface area contributed by atoms with Gasteiger partial charge < -0.3 is 9.84 Å². The maximum absolute atomic E-state index is 11.0. The fraction of sp³-hybridized carbons (Fsp3) is 0.364. The number of hydrogen-bond acceptors (Lipinski definition) is 4. The quantitative estimate of drug-likeness (QED) is 0.696. The molecule has 1 saturated heterocycles. The van der Waals surface area contributed by atoms with E-state index in [1.54, 1.807) is 7.11 Å². The molecular formula is C11H14N2O3. The summed E-state index contributed by atoms with van der Waals surface area (Å²) in [6.07, 6.45) is 0. The van der Waals surface area contributed by atoms with Gasteiger partial charge in [0.15, 0.2) is 0 Å². The lowest BCUT2D eigenvalue weighted by Gasteiger charge is -2.15. The van der Waals surface area contributed by atoms with Crippen LogP contribution in [0.3, 0.4) is 0 Å². The van der Waals surface area contributed by atoms with Crippen molar-refractivity contribution in [3.8, 4) is 5.75 Å². The van der Waals surface area contributed by atoms with E-state index in [0.29, 0.717) is 6.54 Å². The number of carboxylic acid groups (broad SMARTS) is 1. The molecule has 0 radical (unpaired) electrons. The summed E-state index contributed by atoms with van der Waals surface area (Å²) >= 11 is 0. The number of aliphatic carboxylic acids is 1. The fourth-order valence-corrected chi connectivity index (χ4v) is 1.85. The van der Waals surface area contributed by atoms with Crippen molar-refractivity contribution in [3.63, 3.8) is 0 Å². The Bertz CT molecular complexity index is 377. The van der Waals surface area contributed by atoms with E-state index < -0.39 is 11.9 Å². The molecule has 1 aliphatic rings. The van der Waals surface area contributed by atoms with Crippen LogP contribution in [0.5, 0.6) is 5.75 Å². The molecule has 0 bridgehead atoms. The highest BCUT2D eigenvalue weighted by Gasteiger charge is 2.33. The first kappa shape index (κ1) is 10.9. The third-order valence-corrected chi connectivity index (χ3v) is 2.77. The zero-order valence-electron chi connectivity index (χ0n) is 8.93. The Morgan fingerprint density at radius 2 is 2.12 bits per heavy atom. The van der Waals surface area contributed by atoms with Crippen LogP contribution >= 0.6 is 0 Å². The van der Waals surface area contributed by atoms with Crippen LogP contribution in [0, 0.1) is 5.92 Å². The first-order valence-corrected chi connectivity index (χ1v) is 5.07. The molecular weight excluding hydrogens is 208 g/mol. The van der Waals surface area contributed by atoms with Crippen molar-refractivity contribution in [2.75, 3.05) is 13.7 Å². The van der Waals surface area contributed by atoms with Gasteiger partial charge in [0, 0.05) is 6.54 Å². The second kappa shape index (κ2) is 4.51. The SMILES string of the molecule is COc1ccc(C2NNCC2C(=O)O)cc1. The van der Waals surface area contributed by atoms with Crippen molar-refractivity contribution in [2.45, 2.75) is 6.04 Å². The molecule has 5 nitrogen and oxygen atoms in total. The molecule has 0 aromatic heterocycles. The van der Waals surface area contributed by atoms with Gasteiger partial charge in [-0.2, -0.15) is 0 Å². The monoisotopic (exact) mass is 222 g/mol. The Morgan fingerprint density at radius 3 is 2.69 bits per heavy atom. The molecule has 2 rings (SSSR count). The molecule has 2 unspecified atom stereocenters. The number of carbonyl (C=O) groups is 1. The van der Waals surface area contributed by atoms with E-state index in [1.165, 1.54) is 0 Å². The maximum atomic E-state index is 11.0. The normalized spacial score (nSPS) is 24.3. The lowest BCUT2D eigenvalue weighted by molar-refractivity contribution is -0.141. The summed E-state index contributed by atoms with van der Waals surface area (Å²) in [4.78, 5) is 11.0. The van der Waals surface area contributed by atoms with Crippen LogP contribution in [0.1, 0.15) is 11.6 Å². The second-order valence-corrected chi connectivity index (χ2v) is 3.72. The first-order chi connectivity index (χ1) is 7.72. The molecule has 0 saturated carbocycles. The van der Waals surface area contributed by atoms with Crippen molar-refractivity contribution in [1.29, 1.82) is 0 Å². The average Bonchev–Trinajstić information content (AvgIpc) is 2.78. The van der Waals surface area contributed by atoms with E-state index in [0.717, 1.165) is 11.3 Å². The second-order valence-electron chi connectivity index (χ2n) is 3.72. The first-order valence-electron chi connectivity index (χ1n) is 5.07. The molecule has 0 spiro atoms. The van der Waals surface area contributed by atoms with E-state index in [-0.39, 0.29) is 6.04 Å². The summed E-state index contributed by atoms with van der Waals surface area (Å²) in [5.74, 6) is -0.465. The lowest BCUT2D eigenvalue weighted by atomic mass is 9.95. The van der Waals surface area contributed by atoms with Gasteiger partial charge in [0.05, 0.1) is 19.1 Å². The molecule has 1 aliphatic heterocycles. The molecule has 5 heteroatoms. The van der Waals surface area contributed by atoms with Crippen LogP contribution < -0.4 is 15.6 Å². The smallest absolute Gasteiger partial charge is 0.309 e. The van der Waals surface area contributed by atoms with Crippen molar-refractivity contribution >= 4 is 5.97 Å². The summed E-state index contributed by atoms with van der Waals surface area (Å²) in [5.41, 5.74) is 6.78. The van der Waals surface area contributed by atoms with Crippen molar-refractivity contribution in [3.05, 3.63) is 29.8 Å². The van der Waals surface area contributed by atoms with Crippen LogP contribution in [-0.4, -0.2) is 24.7 Å². The van der Waals surface area contributed by atoms with E-state index >= 15 is 0 Å². The number of ether oxygens (including phenoxy) is 1. The number of methoxy groups -OCH3 is 1. The topological polar surface area (TPSA) is 70.6 Å². The molecule has 0 amide bonds. The minimum Gasteiger partial charge on any atom is -0.497 e. The minimum atomic E-state index is -0.793. The molecule has 16 heavy (non-hydrogen) atoms. The summed E-state index contributed by atoms with van der Waals surface area (Å²) in [6, 6.07) is 7.21. The largest absolute Gasteiger partial charge is 0.497 e. The summed E-state index contributed by atoms with van der Waals surface area (Å²) in [7, 11) is 1.60. The third kappa shape index (κ3) is 2.00. The Balaban J connectivity index is 2.19. The Hall–Kier alpha value is -1.59. The molecule has 0 aliphatic carbocycles. The van der Waals surface area contributed by atoms with E-state index in [4.69, 9.17) is 9.84 Å². The third-order valence-electron chi connectivity index (χ3n) is 2.77. The highest BCUT2D eigenvalue weighted by molar-refractivity contribution is 5.72. The van der Waals surface area contributed by atoms with Gasteiger partial charge in [-0.25, -0.2) is 5.43 Å². The van der Waals surface area contributed by atoms with Crippen LogP contribution in [0.4, 0.5) is 0 Å². The molecule has 1 aromatic rings. The molecule has 86 valence electrons. The number of carboxylic acids is 1. The van der Waals surface area contributed by atoms with Crippen molar-refractivity contribution in [2.24, 2.45) is 5.92 Å². The van der Waals surface area contributed by atoms with Gasteiger partial charge in [0.2, 0.25) is 0 Å². The van der Waals surface area contributed by atoms with Gasteiger partial charge in [0.25, 0.3) is 0 Å². The summed E-state index contributed by atoms with van der Waals surface area (Å²) < 4.78 is 5.05. The number of hydrazine groups is 1. The zero-order chi connectivity index (χ0) is 11.5. The standard InChI is InChI=1S/C11H14N2O3/c1-16-8-4-2-7(3-5-8)10-9(11(14)15)6-12-13-10/h2-5,9-10,12-13H,6H2,1H3,(H,14,15). The molecule has 1 fully saturated rings. The predicted molar refractivity (Wildman–Crippen MR) is 58.0 cm³/mol. The molecule has 2 atom stereocenters. The van der Waals surface area contributed by atoms with Gasteiger partial charge in [0.1, 0.15) is 5.75 Å². The predicted octanol–water partition coefficient (Wildman–Crippen LogP) is 0.545. The Morgan fingerprint density at radius 1 is 1.44 bits per heavy atom. The molecule has 3 N–H and O–H groups in total. The Kier molecular flexibility index (Phi) is 3.07. The van der Waals surface area contributed by atoms with Gasteiger partial charge >= 0.3 is 5.97 Å². The summed E-state index contributed by atoms with van der Waals surface area (Å²) in [6.45, 7) is 0.437. The highest BCUT2D eigenvalue weighted by Crippen LogP contribution is 2.26. The lowest BCUT2D eigenvalue weighted by Crippen LogP contribution is -2.26. The van der Waals surface area contributed by atoms with Crippen LogP contribution in [0.15, 0.2) is 24.3 Å². The van der Waals surface area contributed by atoms with Gasteiger partial charge in [-0.3, -0.25) is 10.2 Å². The van der Waals surface area contributed by atoms with Crippen molar-refractivity contribution < 1.29 is 14.6 Å². The Labute approximate surface area is 93.4 Å². The van der Waals surface area contributed by atoms with Crippen LogP contribution in [-0.2, 0) is 4.79 Å². The van der Waals surface area contributed by atoms with Crippen molar-refractivity contribution in [1.82, 2.24) is 10.9 Å². The highest BCUT2D eigenvalue weighted by atomic mass is 16.5. The maximum Gasteiger partial charge on any atom is 0.309 e. The molecule has 1 heterocycles. The summed E-state index contributed by atoms with van der Waals surface area (Å²) in [5, 5.41) is 9.04. The number of nitrogens with one attached hydrogen (secondary N) is 2. The van der Waals surface area contributed by atoms with Gasteiger partial charge in [-0.05, 0) is 17.7 Å². The van der Waals surface area contributed by atoms with Crippen LogP contribution in [0.2, 0.25) is 0 Å². The minimum absolute atomic E-state index is 0.191. The van der Waals surface area contributed by atoms with E-state index in [9.17, 15) is 4.79 Å². The van der Waals surface area contributed by atoms with Gasteiger partial charge in [-0.1, -0.05) is 12.1 Å². The number of benzene rings is 1.